The van der Waals surface area contributed by atoms with Gasteiger partial charge in [0.25, 0.3) is 0 Å². The summed E-state index contributed by atoms with van der Waals surface area (Å²) in [6.07, 6.45) is 1.79. The average molecular weight is 471 g/mol. The number of phenols is 1. The highest BCUT2D eigenvalue weighted by Crippen LogP contribution is 2.45. The van der Waals surface area contributed by atoms with E-state index in [1.807, 2.05) is 59.5 Å². The van der Waals surface area contributed by atoms with Gasteiger partial charge in [-0.05, 0) is 74.1 Å². The maximum absolute atomic E-state index is 10.7. The number of phenolic OH excluding ortho intramolecular Hbond substituents is 1. The van der Waals surface area contributed by atoms with Gasteiger partial charge in [-0.2, -0.15) is 0 Å². The second-order valence-electron chi connectivity index (χ2n) is 8.35. The first-order chi connectivity index (χ1) is 16.5. The van der Waals surface area contributed by atoms with Crippen molar-refractivity contribution >= 4 is 23.0 Å². The second-order valence-corrected chi connectivity index (χ2v) is 8.74. The van der Waals surface area contributed by atoms with Crippen LogP contribution in [0.4, 0.5) is 5.69 Å². The van der Waals surface area contributed by atoms with Crippen LogP contribution in [0.25, 0.3) is 5.69 Å². The first-order valence-electron chi connectivity index (χ1n) is 11.1. The van der Waals surface area contributed by atoms with Gasteiger partial charge in [-0.25, -0.2) is 0 Å². The summed E-state index contributed by atoms with van der Waals surface area (Å²) in [5.41, 5.74) is 5.86. The number of benzene rings is 2. The van der Waals surface area contributed by atoms with Crippen molar-refractivity contribution in [2.24, 2.45) is 0 Å². The topological polar surface area (TPSA) is 62.5 Å². The van der Waals surface area contributed by atoms with Crippen molar-refractivity contribution in [2.75, 3.05) is 12.0 Å². The maximum Gasteiger partial charge on any atom is 0.174 e. The molecule has 0 spiro atoms. The number of methoxy groups -OCH3 is 1. The van der Waals surface area contributed by atoms with Gasteiger partial charge in [0.2, 0.25) is 0 Å². The van der Waals surface area contributed by atoms with E-state index in [-0.39, 0.29) is 17.8 Å². The normalized spacial score (nSPS) is 17.6. The molecule has 3 heterocycles. The van der Waals surface area contributed by atoms with Crippen LogP contribution >= 0.6 is 12.2 Å². The van der Waals surface area contributed by atoms with Crippen LogP contribution in [0.3, 0.4) is 0 Å². The Kier molecular flexibility index (Phi) is 5.71. The Labute approximate surface area is 204 Å². The lowest BCUT2D eigenvalue weighted by Gasteiger charge is -2.28. The largest absolute Gasteiger partial charge is 0.506 e. The monoisotopic (exact) mass is 470 g/mol. The van der Waals surface area contributed by atoms with Gasteiger partial charge in [-0.3, -0.25) is 4.98 Å². The van der Waals surface area contributed by atoms with E-state index in [0.29, 0.717) is 10.8 Å². The molecule has 0 radical (unpaired) electrons. The molecule has 1 saturated heterocycles. The van der Waals surface area contributed by atoms with Crippen molar-refractivity contribution < 1.29 is 9.84 Å². The lowest BCUT2D eigenvalue weighted by atomic mass is 9.96. The molecule has 0 amide bonds. The number of aromatic nitrogens is 2. The molecule has 1 aliphatic rings. The van der Waals surface area contributed by atoms with Gasteiger partial charge < -0.3 is 24.6 Å². The van der Waals surface area contributed by atoms with E-state index in [0.717, 1.165) is 34.1 Å². The SMILES string of the molecule is COc1cccc(-n2c(C)cc([C@@H]3[C@@H](c4ccccn4)NC(=S)N3c3ccccc3O)c2C)c1. The van der Waals surface area contributed by atoms with Crippen molar-refractivity contribution in [1.82, 2.24) is 14.9 Å². The Hall–Kier alpha value is -3.84. The van der Waals surface area contributed by atoms with Crippen molar-refractivity contribution in [2.45, 2.75) is 25.9 Å². The molecule has 6 nitrogen and oxygen atoms in total. The fraction of sp³-hybridized carbons (Fsp3) is 0.185. The molecule has 0 unspecified atom stereocenters. The van der Waals surface area contributed by atoms with Gasteiger partial charge in [-0.1, -0.05) is 24.3 Å². The van der Waals surface area contributed by atoms with E-state index in [9.17, 15) is 5.11 Å². The van der Waals surface area contributed by atoms with Gasteiger partial charge >= 0.3 is 0 Å². The number of anilines is 1. The molecule has 0 aliphatic carbocycles. The summed E-state index contributed by atoms with van der Waals surface area (Å²) in [7, 11) is 1.67. The Balaban J connectivity index is 1.69. The third-order valence-corrected chi connectivity index (χ3v) is 6.65. The fourth-order valence-corrected chi connectivity index (χ4v) is 5.17. The summed E-state index contributed by atoms with van der Waals surface area (Å²) in [5.74, 6) is 0.984. The number of para-hydroxylation sites is 2. The Morgan fingerprint density at radius 1 is 1.00 bits per heavy atom. The van der Waals surface area contributed by atoms with Crippen molar-refractivity contribution in [3.63, 3.8) is 0 Å². The number of pyridine rings is 1. The third-order valence-electron chi connectivity index (χ3n) is 6.34. The Morgan fingerprint density at radius 2 is 1.79 bits per heavy atom. The summed E-state index contributed by atoms with van der Waals surface area (Å²) < 4.78 is 7.67. The number of aromatic hydroxyl groups is 1. The van der Waals surface area contributed by atoms with E-state index in [1.165, 1.54) is 0 Å². The highest BCUT2D eigenvalue weighted by atomic mass is 32.1. The Morgan fingerprint density at radius 3 is 2.53 bits per heavy atom. The Bertz CT molecular complexity index is 1350. The van der Waals surface area contributed by atoms with Crippen LogP contribution in [0.5, 0.6) is 11.5 Å². The fourth-order valence-electron chi connectivity index (χ4n) is 4.83. The summed E-state index contributed by atoms with van der Waals surface area (Å²) in [4.78, 5) is 6.63. The predicted octanol–water partition coefficient (Wildman–Crippen LogP) is 5.38. The number of rotatable bonds is 5. The van der Waals surface area contributed by atoms with Crippen molar-refractivity contribution in [1.29, 1.82) is 0 Å². The average Bonchev–Trinajstić information content (AvgIpc) is 3.35. The van der Waals surface area contributed by atoms with Gasteiger partial charge in [0, 0.05) is 29.3 Å². The predicted molar refractivity (Wildman–Crippen MR) is 138 cm³/mol. The molecular formula is C27H26N4O2S. The molecule has 5 rings (SSSR count). The van der Waals surface area contributed by atoms with Crippen LogP contribution < -0.4 is 15.0 Å². The van der Waals surface area contributed by atoms with E-state index >= 15 is 0 Å². The zero-order valence-electron chi connectivity index (χ0n) is 19.3. The number of nitrogens with zero attached hydrogens (tertiary/aromatic N) is 3. The minimum atomic E-state index is -0.207. The van der Waals surface area contributed by atoms with Crippen molar-refractivity contribution in [3.8, 4) is 17.2 Å². The summed E-state index contributed by atoms with van der Waals surface area (Å²) in [6, 6.07) is 23.0. The molecule has 0 saturated carbocycles. The number of hydrogen-bond donors (Lipinski definition) is 2. The first kappa shape index (κ1) is 22.0. The van der Waals surface area contributed by atoms with Crippen molar-refractivity contribution in [3.05, 3.63) is 102 Å². The smallest absolute Gasteiger partial charge is 0.174 e. The zero-order chi connectivity index (χ0) is 23.8. The van der Waals surface area contributed by atoms with Crippen LogP contribution in [0.1, 0.15) is 34.7 Å². The van der Waals surface area contributed by atoms with Gasteiger partial charge in [0.05, 0.1) is 30.6 Å². The van der Waals surface area contributed by atoms with E-state index in [4.69, 9.17) is 17.0 Å². The minimum Gasteiger partial charge on any atom is -0.506 e. The summed E-state index contributed by atoms with van der Waals surface area (Å²) in [6.45, 7) is 4.21. The van der Waals surface area contributed by atoms with E-state index in [2.05, 4.69) is 40.8 Å². The lowest BCUT2D eigenvalue weighted by Crippen LogP contribution is -2.29. The molecule has 7 heteroatoms. The van der Waals surface area contributed by atoms with Crippen LogP contribution in [0.2, 0.25) is 0 Å². The van der Waals surface area contributed by atoms with Gasteiger partial charge in [0.15, 0.2) is 5.11 Å². The highest BCUT2D eigenvalue weighted by Gasteiger charge is 2.43. The molecular weight excluding hydrogens is 444 g/mol. The molecule has 2 aromatic carbocycles. The van der Waals surface area contributed by atoms with E-state index < -0.39 is 0 Å². The molecule has 1 aliphatic heterocycles. The first-order valence-corrected chi connectivity index (χ1v) is 11.5. The molecule has 1 fully saturated rings. The summed E-state index contributed by atoms with van der Waals surface area (Å²) >= 11 is 5.80. The molecule has 34 heavy (non-hydrogen) atoms. The van der Waals surface area contributed by atoms with Gasteiger partial charge in [-0.15, -0.1) is 0 Å². The highest BCUT2D eigenvalue weighted by molar-refractivity contribution is 7.80. The standard InChI is InChI=1S/C27H26N4O2S/c1-17-15-21(18(2)30(17)19-9-8-10-20(16-19)33-3)26-25(22-11-6-7-14-28-22)29-27(34)31(26)23-12-4-5-13-24(23)32/h4-16,25-26,32H,1-3H3,(H,29,34)/t25-,26-/m1/s1. The third kappa shape index (κ3) is 3.68. The minimum absolute atomic E-state index is 0.180. The molecule has 172 valence electrons. The number of nitrogens with one attached hydrogen (secondary N) is 1. The zero-order valence-corrected chi connectivity index (χ0v) is 20.1. The molecule has 2 N–H and O–H groups in total. The maximum atomic E-state index is 10.7. The summed E-state index contributed by atoms with van der Waals surface area (Å²) in [5, 5.41) is 14.7. The van der Waals surface area contributed by atoms with E-state index in [1.54, 1.807) is 19.4 Å². The molecule has 4 aromatic rings. The number of ether oxygens (including phenoxy) is 1. The number of hydrogen-bond acceptors (Lipinski definition) is 4. The molecule has 0 bridgehead atoms. The van der Waals surface area contributed by atoms with Crippen LogP contribution in [0.15, 0.2) is 79.0 Å². The van der Waals surface area contributed by atoms with Crippen LogP contribution in [-0.2, 0) is 0 Å². The number of aryl methyl sites for hydroxylation is 1. The second kappa shape index (κ2) is 8.83. The van der Waals surface area contributed by atoms with Crippen LogP contribution in [0, 0.1) is 13.8 Å². The molecule has 2 atom stereocenters. The lowest BCUT2D eigenvalue weighted by molar-refractivity contribution is 0.414. The molecule has 2 aromatic heterocycles. The quantitative estimate of drug-likeness (QED) is 0.382. The number of thiocarbonyl (C=S) groups is 1. The van der Waals surface area contributed by atoms with Crippen LogP contribution in [-0.4, -0.2) is 26.9 Å². The van der Waals surface area contributed by atoms with Gasteiger partial charge in [0.1, 0.15) is 11.5 Å².